The van der Waals surface area contributed by atoms with Gasteiger partial charge in [-0.25, -0.2) is 0 Å². The van der Waals surface area contributed by atoms with Gasteiger partial charge in [0.25, 0.3) is 0 Å². The highest BCUT2D eigenvalue weighted by molar-refractivity contribution is 5.30. The molecular formula is C17H24N2O. The smallest absolute Gasteiger partial charge is 0.115 e. The summed E-state index contributed by atoms with van der Waals surface area (Å²) in [5.74, 6) is 0.320. The van der Waals surface area contributed by atoms with E-state index in [1.165, 1.54) is 17.0 Å². The van der Waals surface area contributed by atoms with Gasteiger partial charge in [0, 0.05) is 30.5 Å². The van der Waals surface area contributed by atoms with E-state index in [0.717, 1.165) is 18.7 Å². The highest BCUT2D eigenvalue weighted by atomic mass is 16.3. The number of phenolic OH excluding ortho intramolecular Hbond substituents is 1. The van der Waals surface area contributed by atoms with Crippen LogP contribution in [0.2, 0.25) is 0 Å². The Bertz CT molecular complexity index is 587. The maximum atomic E-state index is 9.53. The average Bonchev–Trinajstić information content (AvgIpc) is 2.70. The zero-order valence-electron chi connectivity index (χ0n) is 12.8. The van der Waals surface area contributed by atoms with Crippen LogP contribution in [-0.2, 0) is 13.1 Å². The summed E-state index contributed by atoms with van der Waals surface area (Å²) < 4.78 is 2.33. The molecule has 0 aliphatic heterocycles. The van der Waals surface area contributed by atoms with E-state index in [0.29, 0.717) is 5.75 Å². The number of hydrogen-bond donors (Lipinski definition) is 2. The Balaban J connectivity index is 2.05. The van der Waals surface area contributed by atoms with Crippen LogP contribution in [0.15, 0.2) is 30.3 Å². The first-order valence-electron chi connectivity index (χ1n) is 7.20. The van der Waals surface area contributed by atoms with E-state index in [2.05, 4.69) is 43.6 Å². The molecule has 0 aliphatic rings. The lowest BCUT2D eigenvalue weighted by Gasteiger charge is -2.15. The van der Waals surface area contributed by atoms with Gasteiger partial charge in [-0.2, -0.15) is 0 Å². The van der Waals surface area contributed by atoms with E-state index in [9.17, 15) is 5.11 Å². The maximum Gasteiger partial charge on any atom is 0.115 e. The lowest BCUT2D eigenvalue weighted by molar-refractivity contribution is 0.472. The molecule has 2 rings (SSSR count). The first-order valence-corrected chi connectivity index (χ1v) is 7.20. The second-order valence-corrected chi connectivity index (χ2v) is 5.34. The molecule has 0 saturated carbocycles. The molecule has 0 spiro atoms. The second kappa shape index (κ2) is 6.14. The van der Waals surface area contributed by atoms with Crippen molar-refractivity contribution in [3.05, 3.63) is 52.8 Å². The molecule has 1 atom stereocenters. The third-order valence-electron chi connectivity index (χ3n) is 3.96. The van der Waals surface area contributed by atoms with Gasteiger partial charge in [-0.05, 0) is 57.0 Å². The monoisotopic (exact) mass is 272 g/mol. The van der Waals surface area contributed by atoms with Crippen LogP contribution in [0.1, 0.15) is 42.4 Å². The first kappa shape index (κ1) is 14.7. The van der Waals surface area contributed by atoms with Crippen molar-refractivity contribution in [1.29, 1.82) is 0 Å². The molecule has 0 aliphatic carbocycles. The van der Waals surface area contributed by atoms with Gasteiger partial charge in [-0.3, -0.25) is 0 Å². The lowest BCUT2D eigenvalue weighted by atomic mass is 10.1. The van der Waals surface area contributed by atoms with E-state index in [1.54, 1.807) is 6.07 Å². The zero-order chi connectivity index (χ0) is 14.7. The number of phenols is 1. The maximum absolute atomic E-state index is 9.53. The molecule has 20 heavy (non-hydrogen) atoms. The van der Waals surface area contributed by atoms with Gasteiger partial charge in [-0.15, -0.1) is 0 Å². The highest BCUT2D eigenvalue weighted by Gasteiger charge is 2.10. The molecule has 2 N–H and O–H groups in total. The van der Waals surface area contributed by atoms with Crippen molar-refractivity contribution >= 4 is 0 Å². The minimum absolute atomic E-state index is 0.215. The molecule has 0 saturated heterocycles. The fourth-order valence-electron chi connectivity index (χ4n) is 2.71. The molecule has 0 amide bonds. The largest absolute Gasteiger partial charge is 0.508 e. The summed E-state index contributed by atoms with van der Waals surface area (Å²) in [6.07, 6.45) is 0. The van der Waals surface area contributed by atoms with Crippen molar-refractivity contribution in [2.24, 2.45) is 0 Å². The molecule has 0 fully saturated rings. The number of aryl methyl sites for hydroxylation is 1. The summed E-state index contributed by atoms with van der Waals surface area (Å²) in [5, 5.41) is 13.1. The molecule has 108 valence electrons. The van der Waals surface area contributed by atoms with E-state index in [4.69, 9.17) is 0 Å². The topological polar surface area (TPSA) is 37.2 Å². The van der Waals surface area contributed by atoms with Gasteiger partial charge in [0.1, 0.15) is 5.75 Å². The van der Waals surface area contributed by atoms with Crippen molar-refractivity contribution < 1.29 is 5.11 Å². The van der Waals surface area contributed by atoms with Gasteiger partial charge in [0.15, 0.2) is 0 Å². The van der Waals surface area contributed by atoms with Crippen LogP contribution in [0.4, 0.5) is 0 Å². The van der Waals surface area contributed by atoms with Gasteiger partial charge >= 0.3 is 0 Å². The summed E-state index contributed by atoms with van der Waals surface area (Å²) in [6.45, 7) is 10.5. The number of rotatable bonds is 5. The molecule has 3 nitrogen and oxygen atoms in total. The minimum Gasteiger partial charge on any atom is -0.508 e. The number of aromatic hydroxyl groups is 1. The zero-order valence-corrected chi connectivity index (χ0v) is 12.8. The Kier molecular flexibility index (Phi) is 4.50. The molecule has 1 aromatic heterocycles. The van der Waals surface area contributed by atoms with Crippen LogP contribution in [0.3, 0.4) is 0 Å². The molecule has 2 aromatic rings. The summed E-state index contributed by atoms with van der Waals surface area (Å²) in [7, 11) is 0. The Morgan fingerprint density at radius 3 is 2.60 bits per heavy atom. The van der Waals surface area contributed by atoms with Crippen molar-refractivity contribution in [2.45, 2.75) is 46.8 Å². The van der Waals surface area contributed by atoms with E-state index < -0.39 is 0 Å². The molecule has 1 unspecified atom stereocenters. The van der Waals surface area contributed by atoms with Crippen LogP contribution in [0.25, 0.3) is 0 Å². The fraction of sp³-hybridized carbons (Fsp3) is 0.412. The van der Waals surface area contributed by atoms with Gasteiger partial charge in [-0.1, -0.05) is 12.1 Å². The first-order chi connectivity index (χ1) is 9.52. The Hall–Kier alpha value is -1.74. The Morgan fingerprint density at radius 2 is 2.00 bits per heavy atom. The predicted molar refractivity (Wildman–Crippen MR) is 82.9 cm³/mol. The Labute approximate surface area is 121 Å². The number of hydrogen-bond acceptors (Lipinski definition) is 2. The van der Waals surface area contributed by atoms with Crippen molar-refractivity contribution in [3.8, 4) is 5.75 Å². The van der Waals surface area contributed by atoms with Crippen LogP contribution >= 0.6 is 0 Å². The molecule has 1 heterocycles. The SMILES string of the molecule is CCn1c(C)cc(CNC(C)c2cccc(O)c2)c1C. The highest BCUT2D eigenvalue weighted by Crippen LogP contribution is 2.20. The van der Waals surface area contributed by atoms with Crippen molar-refractivity contribution in [2.75, 3.05) is 0 Å². The molecule has 3 heteroatoms. The predicted octanol–water partition coefficient (Wildman–Crippen LogP) is 3.68. The van der Waals surface area contributed by atoms with Crippen LogP contribution in [0.5, 0.6) is 5.75 Å². The fourth-order valence-corrected chi connectivity index (χ4v) is 2.71. The van der Waals surface area contributed by atoms with Gasteiger partial charge in [0.2, 0.25) is 0 Å². The van der Waals surface area contributed by atoms with Crippen molar-refractivity contribution in [1.82, 2.24) is 9.88 Å². The summed E-state index contributed by atoms with van der Waals surface area (Å²) >= 11 is 0. The second-order valence-electron chi connectivity index (χ2n) is 5.34. The van der Waals surface area contributed by atoms with E-state index >= 15 is 0 Å². The average molecular weight is 272 g/mol. The molecule has 1 aromatic carbocycles. The number of aromatic nitrogens is 1. The third-order valence-corrected chi connectivity index (χ3v) is 3.96. The van der Waals surface area contributed by atoms with Gasteiger partial charge < -0.3 is 15.0 Å². The molecule has 0 radical (unpaired) electrons. The van der Waals surface area contributed by atoms with Crippen LogP contribution in [-0.4, -0.2) is 9.67 Å². The van der Waals surface area contributed by atoms with E-state index in [1.807, 2.05) is 18.2 Å². The number of nitrogens with one attached hydrogen (secondary N) is 1. The standard InChI is InChI=1S/C17H24N2O/c1-5-19-12(2)9-16(14(19)4)11-18-13(3)15-7-6-8-17(20)10-15/h6-10,13,18,20H,5,11H2,1-4H3. The Morgan fingerprint density at radius 1 is 1.25 bits per heavy atom. The normalized spacial score (nSPS) is 12.6. The summed E-state index contributed by atoms with van der Waals surface area (Å²) in [6, 6.07) is 9.89. The van der Waals surface area contributed by atoms with E-state index in [-0.39, 0.29) is 6.04 Å². The number of nitrogens with zero attached hydrogens (tertiary/aromatic N) is 1. The lowest BCUT2D eigenvalue weighted by Crippen LogP contribution is -2.18. The number of benzene rings is 1. The minimum atomic E-state index is 0.215. The molecule has 0 bridgehead atoms. The quantitative estimate of drug-likeness (QED) is 0.871. The summed E-state index contributed by atoms with van der Waals surface area (Å²) in [4.78, 5) is 0. The summed E-state index contributed by atoms with van der Waals surface area (Å²) in [5.41, 5.74) is 5.10. The molecular weight excluding hydrogens is 248 g/mol. The third kappa shape index (κ3) is 3.05. The van der Waals surface area contributed by atoms with Crippen LogP contribution in [0, 0.1) is 13.8 Å². The van der Waals surface area contributed by atoms with Crippen molar-refractivity contribution in [3.63, 3.8) is 0 Å². The van der Waals surface area contributed by atoms with Gasteiger partial charge in [0.05, 0.1) is 0 Å². The van der Waals surface area contributed by atoms with Crippen LogP contribution < -0.4 is 5.32 Å².